The van der Waals surface area contributed by atoms with E-state index in [9.17, 15) is 0 Å². The van der Waals surface area contributed by atoms with Gasteiger partial charge in [0.1, 0.15) is 0 Å². The predicted molar refractivity (Wildman–Crippen MR) is 76.1 cm³/mol. The van der Waals surface area contributed by atoms with Crippen LogP contribution in [0, 0.1) is 0 Å². The molecule has 0 aliphatic carbocycles. The minimum absolute atomic E-state index is 0.0976. The highest BCUT2D eigenvalue weighted by Gasteiger charge is 2.32. The molecule has 1 fully saturated rings. The van der Waals surface area contributed by atoms with Gasteiger partial charge in [-0.25, -0.2) is 0 Å². The van der Waals surface area contributed by atoms with Crippen molar-refractivity contribution in [2.45, 2.75) is 31.7 Å². The first kappa shape index (κ1) is 13.1. The molecule has 1 aromatic rings. The number of nitrogens with two attached hydrogens (primary N) is 1. The van der Waals surface area contributed by atoms with Gasteiger partial charge in [0.25, 0.3) is 0 Å². The van der Waals surface area contributed by atoms with E-state index in [1.165, 1.54) is 36.0 Å². The Morgan fingerprint density at radius 3 is 2.53 bits per heavy atom. The molecule has 1 aromatic carbocycles. The summed E-state index contributed by atoms with van der Waals surface area (Å²) in [5, 5.41) is 0. The molecule has 2 N–H and O–H groups in total. The maximum atomic E-state index is 6.03. The molecule has 1 atom stereocenters. The van der Waals surface area contributed by atoms with Crippen LogP contribution < -0.4 is 5.73 Å². The van der Waals surface area contributed by atoms with E-state index < -0.39 is 0 Å². The molecule has 0 amide bonds. The van der Waals surface area contributed by atoms with Crippen LogP contribution in [0.2, 0.25) is 0 Å². The minimum atomic E-state index is 0.0976. The van der Waals surface area contributed by atoms with Gasteiger partial charge < -0.3 is 5.73 Å². The number of likely N-dealkylation sites (tertiary alicyclic amines) is 1. The van der Waals surface area contributed by atoms with Crippen molar-refractivity contribution in [3.05, 3.63) is 34.3 Å². The first-order chi connectivity index (χ1) is 8.15. The smallest absolute Gasteiger partial charge is 0.0344 e. The van der Waals surface area contributed by atoms with Gasteiger partial charge in [-0.15, -0.1) is 0 Å². The Balaban J connectivity index is 2.16. The van der Waals surface area contributed by atoms with Gasteiger partial charge in [-0.3, -0.25) is 4.90 Å². The second-order valence-electron chi connectivity index (χ2n) is 5.16. The Kier molecular flexibility index (Phi) is 4.23. The fourth-order valence-corrected chi connectivity index (χ4v) is 3.05. The van der Waals surface area contributed by atoms with Crippen LogP contribution >= 0.6 is 15.9 Å². The van der Waals surface area contributed by atoms with Crippen molar-refractivity contribution in [3.63, 3.8) is 0 Å². The maximum Gasteiger partial charge on any atom is 0.0344 e. The maximum absolute atomic E-state index is 6.03. The van der Waals surface area contributed by atoms with Crippen molar-refractivity contribution < 1.29 is 0 Å². The monoisotopic (exact) mass is 296 g/mol. The molecule has 1 saturated heterocycles. The number of benzene rings is 1. The van der Waals surface area contributed by atoms with Crippen molar-refractivity contribution in [2.75, 3.05) is 19.6 Å². The molecule has 1 heterocycles. The van der Waals surface area contributed by atoms with E-state index >= 15 is 0 Å². The quantitative estimate of drug-likeness (QED) is 0.926. The van der Waals surface area contributed by atoms with Crippen LogP contribution in [0.15, 0.2) is 28.7 Å². The van der Waals surface area contributed by atoms with Crippen LogP contribution in [0.5, 0.6) is 0 Å². The van der Waals surface area contributed by atoms with Crippen LogP contribution in [-0.2, 0) is 6.42 Å². The van der Waals surface area contributed by atoms with Crippen molar-refractivity contribution in [1.82, 2.24) is 4.90 Å². The van der Waals surface area contributed by atoms with E-state index in [-0.39, 0.29) is 5.54 Å². The second-order valence-corrected chi connectivity index (χ2v) is 6.02. The van der Waals surface area contributed by atoms with Crippen molar-refractivity contribution >= 4 is 15.9 Å². The number of halogens is 1. The Hall–Kier alpha value is -0.380. The van der Waals surface area contributed by atoms with Gasteiger partial charge in [-0.2, -0.15) is 0 Å². The fraction of sp³-hybridized carbons (Fsp3) is 0.571. The van der Waals surface area contributed by atoms with Gasteiger partial charge >= 0.3 is 0 Å². The average Bonchev–Trinajstić information content (AvgIpc) is 2.86. The SMILES string of the molecule is CC(CN)(Cc1ccccc1Br)N1CCCC1. The lowest BCUT2D eigenvalue weighted by Crippen LogP contribution is -2.51. The van der Waals surface area contributed by atoms with Crippen LogP contribution in [0.4, 0.5) is 0 Å². The third-order valence-electron chi connectivity index (χ3n) is 3.84. The summed E-state index contributed by atoms with van der Waals surface area (Å²) < 4.78 is 1.19. The number of hydrogen-bond acceptors (Lipinski definition) is 2. The second kappa shape index (κ2) is 5.51. The van der Waals surface area contributed by atoms with Crippen molar-refractivity contribution in [3.8, 4) is 0 Å². The zero-order chi connectivity index (χ0) is 12.3. The highest BCUT2D eigenvalue weighted by Crippen LogP contribution is 2.27. The Bertz CT molecular complexity index is 374. The molecule has 0 radical (unpaired) electrons. The summed E-state index contributed by atoms with van der Waals surface area (Å²) >= 11 is 3.63. The van der Waals surface area contributed by atoms with E-state index in [1.54, 1.807) is 0 Å². The van der Waals surface area contributed by atoms with Gasteiger partial charge in [0.15, 0.2) is 0 Å². The molecular formula is C14H21BrN2. The van der Waals surface area contributed by atoms with Gasteiger partial charge in [-0.05, 0) is 50.9 Å². The lowest BCUT2D eigenvalue weighted by atomic mass is 9.91. The zero-order valence-corrected chi connectivity index (χ0v) is 12.0. The largest absolute Gasteiger partial charge is 0.329 e. The third-order valence-corrected chi connectivity index (χ3v) is 4.61. The van der Waals surface area contributed by atoms with Crippen molar-refractivity contribution in [2.24, 2.45) is 5.73 Å². The van der Waals surface area contributed by atoms with Crippen LogP contribution in [0.25, 0.3) is 0 Å². The van der Waals surface area contributed by atoms with E-state index in [0.29, 0.717) is 6.54 Å². The number of hydrogen-bond donors (Lipinski definition) is 1. The molecule has 17 heavy (non-hydrogen) atoms. The van der Waals surface area contributed by atoms with Crippen LogP contribution in [0.1, 0.15) is 25.3 Å². The third kappa shape index (κ3) is 2.90. The summed E-state index contributed by atoms with van der Waals surface area (Å²) in [7, 11) is 0. The first-order valence-electron chi connectivity index (χ1n) is 6.34. The lowest BCUT2D eigenvalue weighted by Gasteiger charge is -2.38. The van der Waals surface area contributed by atoms with E-state index in [0.717, 1.165) is 6.42 Å². The molecule has 0 spiro atoms. The van der Waals surface area contributed by atoms with E-state index in [2.05, 4.69) is 52.0 Å². The molecule has 0 bridgehead atoms. The summed E-state index contributed by atoms with van der Waals surface area (Å²) in [5.74, 6) is 0. The van der Waals surface area contributed by atoms with Gasteiger partial charge in [0, 0.05) is 16.6 Å². The van der Waals surface area contributed by atoms with Gasteiger partial charge in [-0.1, -0.05) is 34.1 Å². The standard InChI is InChI=1S/C14H21BrN2/c1-14(11-16,17-8-4-5-9-17)10-12-6-2-3-7-13(12)15/h2-3,6-7H,4-5,8-11,16H2,1H3. The summed E-state index contributed by atoms with van der Waals surface area (Å²) in [5.41, 5.74) is 7.48. The summed E-state index contributed by atoms with van der Waals surface area (Å²) in [4.78, 5) is 2.55. The molecule has 0 saturated carbocycles. The lowest BCUT2D eigenvalue weighted by molar-refractivity contribution is 0.142. The minimum Gasteiger partial charge on any atom is -0.329 e. The molecule has 0 aromatic heterocycles. The van der Waals surface area contributed by atoms with Gasteiger partial charge in [0.05, 0.1) is 0 Å². The Morgan fingerprint density at radius 2 is 1.94 bits per heavy atom. The van der Waals surface area contributed by atoms with Gasteiger partial charge in [0.2, 0.25) is 0 Å². The summed E-state index contributed by atoms with van der Waals surface area (Å²) in [6.45, 7) is 5.39. The number of nitrogens with zero attached hydrogens (tertiary/aromatic N) is 1. The molecule has 3 heteroatoms. The van der Waals surface area contributed by atoms with E-state index in [1.807, 2.05) is 0 Å². The first-order valence-corrected chi connectivity index (χ1v) is 7.13. The molecule has 2 rings (SSSR count). The highest BCUT2D eigenvalue weighted by atomic mass is 79.9. The van der Waals surface area contributed by atoms with E-state index in [4.69, 9.17) is 5.73 Å². The predicted octanol–water partition coefficient (Wildman–Crippen LogP) is 2.80. The molecule has 1 aliphatic rings. The fourth-order valence-electron chi connectivity index (χ4n) is 2.62. The number of rotatable bonds is 4. The molecule has 94 valence electrons. The normalized spacial score (nSPS) is 20.4. The summed E-state index contributed by atoms with van der Waals surface area (Å²) in [6.07, 6.45) is 3.64. The van der Waals surface area contributed by atoms with Crippen LogP contribution in [0.3, 0.4) is 0 Å². The molecular weight excluding hydrogens is 276 g/mol. The van der Waals surface area contributed by atoms with Crippen LogP contribution in [-0.4, -0.2) is 30.1 Å². The topological polar surface area (TPSA) is 29.3 Å². The molecule has 1 aliphatic heterocycles. The average molecular weight is 297 g/mol. The highest BCUT2D eigenvalue weighted by molar-refractivity contribution is 9.10. The Labute approximate surface area is 112 Å². The van der Waals surface area contributed by atoms with Crippen molar-refractivity contribution in [1.29, 1.82) is 0 Å². The summed E-state index contributed by atoms with van der Waals surface area (Å²) in [6, 6.07) is 8.45. The Morgan fingerprint density at radius 1 is 1.29 bits per heavy atom. The zero-order valence-electron chi connectivity index (χ0n) is 10.5. The molecule has 1 unspecified atom stereocenters. The molecule has 2 nitrogen and oxygen atoms in total.